The molecule has 0 spiro atoms. The van der Waals surface area contributed by atoms with Gasteiger partial charge in [-0.3, -0.25) is 9.59 Å². The van der Waals surface area contributed by atoms with Gasteiger partial charge >= 0.3 is 5.97 Å². The third-order valence-electron chi connectivity index (χ3n) is 4.55. The molecule has 3 aromatic rings. The lowest BCUT2D eigenvalue weighted by Crippen LogP contribution is -2.34. The zero-order valence-electron chi connectivity index (χ0n) is 17.7. The Balaban J connectivity index is 1.58. The second-order valence-corrected chi connectivity index (χ2v) is 7.38. The molecule has 0 bridgehead atoms. The SMILES string of the molecule is CCN(C(=O)COC(=O)Cc1csc(-c2ccc(OC)c(OC)c2)n1)c1ccccc1. The van der Waals surface area contributed by atoms with Crippen LogP contribution in [0.25, 0.3) is 10.6 Å². The monoisotopic (exact) mass is 440 g/mol. The van der Waals surface area contributed by atoms with E-state index in [1.54, 1.807) is 30.6 Å². The van der Waals surface area contributed by atoms with Crippen molar-refractivity contribution in [3.05, 3.63) is 59.6 Å². The molecular formula is C23H24N2O5S. The molecule has 0 aliphatic heterocycles. The molecule has 0 atom stereocenters. The molecule has 0 saturated heterocycles. The normalized spacial score (nSPS) is 10.4. The molecule has 1 amide bonds. The fraction of sp³-hybridized carbons (Fsp3) is 0.261. The van der Waals surface area contributed by atoms with Crippen molar-refractivity contribution >= 4 is 28.9 Å². The number of ether oxygens (including phenoxy) is 3. The number of hydrogen-bond acceptors (Lipinski definition) is 7. The zero-order chi connectivity index (χ0) is 22.2. The molecule has 0 radical (unpaired) electrons. The van der Waals surface area contributed by atoms with E-state index in [-0.39, 0.29) is 18.9 Å². The summed E-state index contributed by atoms with van der Waals surface area (Å²) in [6.45, 7) is 2.05. The largest absolute Gasteiger partial charge is 0.493 e. The topological polar surface area (TPSA) is 78.0 Å². The number of likely N-dealkylation sites (N-methyl/N-ethyl adjacent to an activating group) is 1. The van der Waals surface area contributed by atoms with Crippen molar-refractivity contribution in [2.45, 2.75) is 13.3 Å². The van der Waals surface area contributed by atoms with Gasteiger partial charge in [0.2, 0.25) is 0 Å². The molecule has 2 aromatic carbocycles. The molecule has 8 heteroatoms. The van der Waals surface area contributed by atoms with Crippen LogP contribution in [0.3, 0.4) is 0 Å². The molecule has 3 rings (SSSR count). The van der Waals surface area contributed by atoms with Crippen molar-refractivity contribution in [3.63, 3.8) is 0 Å². The fourth-order valence-electron chi connectivity index (χ4n) is 3.02. The number of carbonyl (C=O) groups excluding carboxylic acids is 2. The number of nitrogens with zero attached hydrogens (tertiary/aromatic N) is 2. The zero-order valence-corrected chi connectivity index (χ0v) is 18.5. The molecule has 7 nitrogen and oxygen atoms in total. The first-order valence-corrected chi connectivity index (χ1v) is 10.6. The van der Waals surface area contributed by atoms with Gasteiger partial charge in [-0.25, -0.2) is 4.98 Å². The van der Waals surface area contributed by atoms with Crippen LogP contribution >= 0.6 is 11.3 Å². The van der Waals surface area contributed by atoms with Crippen LogP contribution in [0.5, 0.6) is 11.5 Å². The van der Waals surface area contributed by atoms with Crippen LogP contribution in [-0.2, 0) is 20.7 Å². The highest BCUT2D eigenvalue weighted by Gasteiger charge is 2.17. The van der Waals surface area contributed by atoms with Gasteiger partial charge in [-0.1, -0.05) is 18.2 Å². The Bertz CT molecular complexity index is 1040. The highest BCUT2D eigenvalue weighted by molar-refractivity contribution is 7.13. The average Bonchev–Trinajstić information content (AvgIpc) is 3.26. The molecule has 162 valence electrons. The van der Waals surface area contributed by atoms with Gasteiger partial charge in [0, 0.05) is 23.2 Å². The molecule has 0 aliphatic rings. The minimum atomic E-state index is -0.498. The van der Waals surface area contributed by atoms with E-state index in [2.05, 4.69) is 4.98 Å². The number of methoxy groups -OCH3 is 2. The van der Waals surface area contributed by atoms with Gasteiger partial charge < -0.3 is 19.1 Å². The summed E-state index contributed by atoms with van der Waals surface area (Å²) in [4.78, 5) is 30.8. The maximum Gasteiger partial charge on any atom is 0.312 e. The minimum absolute atomic E-state index is 0.00543. The van der Waals surface area contributed by atoms with Gasteiger partial charge in [-0.2, -0.15) is 0 Å². The summed E-state index contributed by atoms with van der Waals surface area (Å²) in [5.74, 6) is 0.467. The average molecular weight is 441 g/mol. The van der Waals surface area contributed by atoms with Crippen molar-refractivity contribution in [3.8, 4) is 22.1 Å². The Hall–Kier alpha value is -3.39. The van der Waals surface area contributed by atoms with E-state index in [1.165, 1.54) is 11.3 Å². The molecule has 31 heavy (non-hydrogen) atoms. The predicted molar refractivity (Wildman–Crippen MR) is 120 cm³/mol. The summed E-state index contributed by atoms with van der Waals surface area (Å²) in [7, 11) is 3.15. The number of para-hydroxylation sites is 1. The van der Waals surface area contributed by atoms with E-state index in [9.17, 15) is 9.59 Å². The highest BCUT2D eigenvalue weighted by atomic mass is 32.1. The van der Waals surface area contributed by atoms with E-state index < -0.39 is 5.97 Å². The number of aromatic nitrogens is 1. The van der Waals surface area contributed by atoms with Crippen LogP contribution in [-0.4, -0.2) is 44.2 Å². The summed E-state index contributed by atoms with van der Waals surface area (Å²) in [6, 6.07) is 14.8. The lowest BCUT2D eigenvalue weighted by Gasteiger charge is -2.20. The van der Waals surface area contributed by atoms with Crippen LogP contribution in [0.15, 0.2) is 53.9 Å². The van der Waals surface area contributed by atoms with Crippen LogP contribution in [0.1, 0.15) is 12.6 Å². The van der Waals surface area contributed by atoms with Crippen LogP contribution in [0.4, 0.5) is 5.69 Å². The molecule has 0 N–H and O–H groups in total. The molecule has 0 saturated carbocycles. The minimum Gasteiger partial charge on any atom is -0.493 e. The van der Waals surface area contributed by atoms with Crippen LogP contribution in [0, 0.1) is 0 Å². The first kappa shape index (κ1) is 22.3. The third-order valence-corrected chi connectivity index (χ3v) is 5.49. The Kier molecular flexibility index (Phi) is 7.61. The quantitative estimate of drug-likeness (QED) is 0.469. The summed E-state index contributed by atoms with van der Waals surface area (Å²) >= 11 is 1.42. The number of anilines is 1. The standard InChI is InChI=1S/C23H24N2O5S/c1-4-25(18-8-6-5-7-9-18)21(26)14-30-22(27)13-17-15-31-23(24-17)16-10-11-19(28-2)20(12-16)29-3/h5-12,15H,4,13-14H2,1-3H3. The third kappa shape index (κ3) is 5.61. The molecule has 0 aliphatic carbocycles. The van der Waals surface area contributed by atoms with Gasteiger partial charge in [0.15, 0.2) is 18.1 Å². The first-order valence-electron chi connectivity index (χ1n) is 9.73. The number of benzene rings is 2. The Morgan fingerprint density at radius 3 is 2.45 bits per heavy atom. The maximum absolute atomic E-state index is 12.4. The predicted octanol–water partition coefficient (Wildman–Crippen LogP) is 3.97. The molecular weight excluding hydrogens is 416 g/mol. The Labute approximate surface area is 185 Å². The van der Waals surface area contributed by atoms with Gasteiger partial charge in [-0.05, 0) is 37.3 Å². The fourth-order valence-corrected chi connectivity index (χ4v) is 3.84. The number of rotatable bonds is 9. The first-order chi connectivity index (χ1) is 15.0. The molecule has 1 heterocycles. The lowest BCUT2D eigenvalue weighted by molar-refractivity contribution is -0.147. The van der Waals surface area contributed by atoms with E-state index in [4.69, 9.17) is 14.2 Å². The highest BCUT2D eigenvalue weighted by Crippen LogP contribution is 2.33. The summed E-state index contributed by atoms with van der Waals surface area (Å²) in [6.07, 6.45) is -0.00543. The van der Waals surface area contributed by atoms with Crippen LogP contribution < -0.4 is 14.4 Å². The molecule has 0 fully saturated rings. The van der Waals surface area contributed by atoms with Crippen molar-refractivity contribution in [2.24, 2.45) is 0 Å². The number of hydrogen-bond donors (Lipinski definition) is 0. The number of esters is 1. The van der Waals surface area contributed by atoms with Crippen molar-refractivity contribution in [1.82, 2.24) is 4.98 Å². The second-order valence-electron chi connectivity index (χ2n) is 6.52. The molecule has 0 unspecified atom stereocenters. The number of carbonyl (C=O) groups is 2. The van der Waals surface area contributed by atoms with E-state index in [0.717, 1.165) is 16.3 Å². The summed E-state index contributed by atoms with van der Waals surface area (Å²) in [5.41, 5.74) is 2.21. The van der Waals surface area contributed by atoms with Crippen molar-refractivity contribution in [1.29, 1.82) is 0 Å². The number of thiazole rings is 1. The van der Waals surface area contributed by atoms with Gasteiger partial charge in [0.1, 0.15) is 5.01 Å². The maximum atomic E-state index is 12.4. The van der Waals surface area contributed by atoms with Gasteiger partial charge in [0.25, 0.3) is 5.91 Å². The van der Waals surface area contributed by atoms with Crippen molar-refractivity contribution in [2.75, 3.05) is 32.3 Å². The molecule has 1 aromatic heterocycles. The van der Waals surface area contributed by atoms with E-state index in [0.29, 0.717) is 23.7 Å². The summed E-state index contributed by atoms with van der Waals surface area (Å²) < 4.78 is 15.8. The second kappa shape index (κ2) is 10.6. The smallest absolute Gasteiger partial charge is 0.312 e. The van der Waals surface area contributed by atoms with Gasteiger partial charge in [0.05, 0.1) is 26.3 Å². The van der Waals surface area contributed by atoms with Crippen molar-refractivity contribution < 1.29 is 23.8 Å². The Morgan fingerprint density at radius 2 is 1.77 bits per heavy atom. The summed E-state index contributed by atoms with van der Waals surface area (Å²) in [5, 5.41) is 2.55. The Morgan fingerprint density at radius 1 is 1.03 bits per heavy atom. The lowest BCUT2D eigenvalue weighted by atomic mass is 10.2. The van der Waals surface area contributed by atoms with Gasteiger partial charge in [-0.15, -0.1) is 11.3 Å². The van der Waals surface area contributed by atoms with E-state index in [1.807, 2.05) is 49.4 Å². The van der Waals surface area contributed by atoms with Crippen LogP contribution in [0.2, 0.25) is 0 Å². The number of amides is 1. The van der Waals surface area contributed by atoms with E-state index >= 15 is 0 Å².